The summed E-state index contributed by atoms with van der Waals surface area (Å²) < 4.78 is 10.0. The minimum Gasteiger partial charge on any atom is -0.469 e. The average molecular weight is 330 g/mol. The van der Waals surface area contributed by atoms with Crippen molar-refractivity contribution in [3.05, 3.63) is 60.1 Å². The maximum Gasteiger partial charge on any atom is 0.305 e. The van der Waals surface area contributed by atoms with Gasteiger partial charge in [-0.05, 0) is 24.1 Å². The van der Waals surface area contributed by atoms with E-state index in [2.05, 4.69) is 15.4 Å². The molecular formula is C18H22N2O4. The Balaban J connectivity index is 1.83. The van der Waals surface area contributed by atoms with Gasteiger partial charge in [-0.15, -0.1) is 0 Å². The molecule has 6 nitrogen and oxygen atoms in total. The molecule has 0 saturated heterocycles. The Morgan fingerprint density at radius 1 is 1.17 bits per heavy atom. The van der Waals surface area contributed by atoms with E-state index in [1.807, 2.05) is 42.5 Å². The van der Waals surface area contributed by atoms with Crippen LogP contribution in [0.3, 0.4) is 0 Å². The van der Waals surface area contributed by atoms with Gasteiger partial charge in [0.15, 0.2) is 0 Å². The first kappa shape index (κ1) is 17.7. The van der Waals surface area contributed by atoms with Crippen molar-refractivity contribution in [1.29, 1.82) is 0 Å². The number of amides is 1. The molecular weight excluding hydrogens is 308 g/mol. The first-order chi connectivity index (χ1) is 11.7. The summed E-state index contributed by atoms with van der Waals surface area (Å²) in [5.74, 6) is 0.344. The van der Waals surface area contributed by atoms with E-state index >= 15 is 0 Å². The van der Waals surface area contributed by atoms with Crippen molar-refractivity contribution in [2.24, 2.45) is 0 Å². The standard InChI is InChI=1S/C18H22N2O4/c1-23-17(22)10-5-11-19-16(21)13-20-18(15-9-6-12-24-15)14-7-3-2-4-8-14/h2-4,6-9,12,18,20H,5,10-11,13H2,1H3,(H,19,21)/t18-/m1/s1. The van der Waals surface area contributed by atoms with Crippen LogP contribution in [0, 0.1) is 0 Å². The molecule has 1 amide bonds. The summed E-state index contributed by atoms with van der Waals surface area (Å²) in [6, 6.07) is 13.3. The molecule has 0 aliphatic rings. The number of nitrogens with one attached hydrogen (secondary N) is 2. The fourth-order valence-electron chi connectivity index (χ4n) is 2.30. The molecule has 0 saturated carbocycles. The predicted octanol–water partition coefficient (Wildman–Crippen LogP) is 2.03. The van der Waals surface area contributed by atoms with Crippen molar-refractivity contribution < 1.29 is 18.7 Å². The highest BCUT2D eigenvalue weighted by Gasteiger charge is 2.17. The van der Waals surface area contributed by atoms with Crippen molar-refractivity contribution in [2.45, 2.75) is 18.9 Å². The maximum absolute atomic E-state index is 11.9. The Morgan fingerprint density at radius 2 is 1.96 bits per heavy atom. The van der Waals surface area contributed by atoms with Gasteiger partial charge >= 0.3 is 5.97 Å². The van der Waals surface area contributed by atoms with Crippen molar-refractivity contribution in [3.63, 3.8) is 0 Å². The van der Waals surface area contributed by atoms with Gasteiger partial charge in [-0.25, -0.2) is 0 Å². The van der Waals surface area contributed by atoms with Crippen molar-refractivity contribution >= 4 is 11.9 Å². The third-order valence-corrected chi connectivity index (χ3v) is 3.53. The average Bonchev–Trinajstić information content (AvgIpc) is 3.14. The van der Waals surface area contributed by atoms with Gasteiger partial charge in [0, 0.05) is 13.0 Å². The lowest BCUT2D eigenvalue weighted by molar-refractivity contribution is -0.140. The number of carbonyl (C=O) groups is 2. The highest BCUT2D eigenvalue weighted by Crippen LogP contribution is 2.21. The second kappa shape index (κ2) is 9.52. The summed E-state index contributed by atoms with van der Waals surface area (Å²) in [4.78, 5) is 22.9. The smallest absolute Gasteiger partial charge is 0.305 e. The molecule has 1 atom stereocenters. The predicted molar refractivity (Wildman–Crippen MR) is 89.3 cm³/mol. The van der Waals surface area contributed by atoms with Crippen molar-refractivity contribution in [2.75, 3.05) is 20.2 Å². The first-order valence-corrected chi connectivity index (χ1v) is 7.86. The van der Waals surface area contributed by atoms with E-state index in [9.17, 15) is 9.59 Å². The Bertz CT molecular complexity index is 626. The largest absolute Gasteiger partial charge is 0.469 e. The molecule has 0 fully saturated rings. The number of hydrogen-bond donors (Lipinski definition) is 2. The number of furan rings is 1. The summed E-state index contributed by atoms with van der Waals surface area (Å²) in [6.07, 6.45) is 2.46. The van der Waals surface area contributed by atoms with Gasteiger partial charge in [-0.2, -0.15) is 0 Å². The third kappa shape index (κ3) is 5.55. The van der Waals surface area contributed by atoms with E-state index < -0.39 is 0 Å². The van der Waals surface area contributed by atoms with Gasteiger partial charge in [-0.1, -0.05) is 30.3 Å². The maximum atomic E-state index is 11.9. The minimum atomic E-state index is -0.274. The van der Waals surface area contributed by atoms with Crippen LogP contribution >= 0.6 is 0 Å². The van der Waals surface area contributed by atoms with Gasteiger partial charge in [-0.3, -0.25) is 14.9 Å². The van der Waals surface area contributed by atoms with Crippen LogP contribution in [0.2, 0.25) is 0 Å². The third-order valence-electron chi connectivity index (χ3n) is 3.53. The number of hydrogen-bond acceptors (Lipinski definition) is 5. The van der Waals surface area contributed by atoms with Crippen LogP contribution in [0.25, 0.3) is 0 Å². The van der Waals surface area contributed by atoms with Crippen LogP contribution in [0.5, 0.6) is 0 Å². The van der Waals surface area contributed by atoms with Crippen LogP contribution in [0.15, 0.2) is 53.1 Å². The van der Waals surface area contributed by atoms with E-state index in [1.54, 1.807) is 6.26 Å². The number of esters is 1. The van der Waals surface area contributed by atoms with Crippen LogP contribution in [-0.4, -0.2) is 32.1 Å². The fraction of sp³-hybridized carbons (Fsp3) is 0.333. The molecule has 1 aromatic heterocycles. The Hall–Kier alpha value is -2.60. The molecule has 0 aliphatic heterocycles. The summed E-state index contributed by atoms with van der Waals surface area (Å²) in [6.45, 7) is 0.588. The molecule has 0 spiro atoms. The van der Waals surface area contributed by atoms with Crippen molar-refractivity contribution in [3.8, 4) is 0 Å². The number of methoxy groups -OCH3 is 1. The van der Waals surface area contributed by atoms with Crippen LogP contribution < -0.4 is 10.6 Å². The summed E-state index contributed by atoms with van der Waals surface area (Å²) in [5, 5.41) is 5.98. The molecule has 2 aromatic rings. The molecule has 0 bridgehead atoms. The zero-order chi connectivity index (χ0) is 17.2. The lowest BCUT2D eigenvalue weighted by Crippen LogP contribution is -2.36. The van der Waals surface area contributed by atoms with Crippen molar-refractivity contribution in [1.82, 2.24) is 10.6 Å². The quantitative estimate of drug-likeness (QED) is 0.543. The fourth-order valence-corrected chi connectivity index (χ4v) is 2.30. The van der Waals surface area contributed by atoms with Gasteiger partial charge in [0.05, 0.1) is 26.0 Å². The van der Waals surface area contributed by atoms with Gasteiger partial charge < -0.3 is 14.5 Å². The van der Waals surface area contributed by atoms with Crippen LogP contribution in [0.4, 0.5) is 0 Å². The molecule has 2 rings (SSSR count). The van der Waals surface area contributed by atoms with Gasteiger partial charge in [0.1, 0.15) is 5.76 Å². The SMILES string of the molecule is COC(=O)CCCNC(=O)CN[C@H](c1ccccc1)c1ccco1. The Kier molecular flexibility index (Phi) is 7.04. The second-order valence-corrected chi connectivity index (χ2v) is 5.27. The number of benzene rings is 1. The van der Waals surface area contributed by atoms with E-state index in [0.717, 1.165) is 11.3 Å². The van der Waals surface area contributed by atoms with Gasteiger partial charge in [0.2, 0.25) is 5.91 Å². The molecule has 0 unspecified atom stereocenters. The highest BCUT2D eigenvalue weighted by molar-refractivity contribution is 5.78. The topological polar surface area (TPSA) is 80.6 Å². The van der Waals surface area contributed by atoms with Crippen LogP contribution in [-0.2, 0) is 14.3 Å². The van der Waals surface area contributed by atoms with E-state index in [4.69, 9.17) is 4.42 Å². The van der Waals surface area contributed by atoms with E-state index in [0.29, 0.717) is 19.4 Å². The summed E-state index contributed by atoms with van der Waals surface area (Å²) in [5.41, 5.74) is 1.02. The first-order valence-electron chi connectivity index (χ1n) is 7.86. The Labute approximate surface area is 141 Å². The normalized spacial score (nSPS) is 11.7. The van der Waals surface area contributed by atoms with E-state index in [-0.39, 0.29) is 24.5 Å². The summed E-state index contributed by atoms with van der Waals surface area (Å²) in [7, 11) is 1.35. The molecule has 6 heteroatoms. The molecule has 0 aliphatic carbocycles. The molecule has 0 radical (unpaired) electrons. The minimum absolute atomic E-state index is 0.132. The lowest BCUT2D eigenvalue weighted by atomic mass is 10.0. The number of rotatable bonds is 9. The molecule has 128 valence electrons. The Morgan fingerprint density at radius 3 is 2.62 bits per heavy atom. The monoisotopic (exact) mass is 330 g/mol. The summed E-state index contributed by atoms with van der Waals surface area (Å²) >= 11 is 0. The van der Waals surface area contributed by atoms with Gasteiger partial charge in [0.25, 0.3) is 0 Å². The molecule has 1 heterocycles. The second-order valence-electron chi connectivity index (χ2n) is 5.27. The highest BCUT2D eigenvalue weighted by atomic mass is 16.5. The zero-order valence-corrected chi connectivity index (χ0v) is 13.7. The zero-order valence-electron chi connectivity index (χ0n) is 13.7. The lowest BCUT2D eigenvalue weighted by Gasteiger charge is -2.17. The van der Waals surface area contributed by atoms with Crippen LogP contribution in [0.1, 0.15) is 30.2 Å². The number of ether oxygens (including phenoxy) is 1. The molecule has 24 heavy (non-hydrogen) atoms. The number of carbonyl (C=O) groups excluding carboxylic acids is 2. The van der Waals surface area contributed by atoms with E-state index in [1.165, 1.54) is 7.11 Å². The molecule has 1 aromatic carbocycles. The molecule has 2 N–H and O–H groups in total.